The molecule has 6 aromatic rings. The molecule has 0 aliphatic heterocycles. The maximum Gasteiger partial charge on any atom is 0.335 e. The Bertz CT molecular complexity index is 1880. The van der Waals surface area contributed by atoms with Gasteiger partial charge in [-0.3, -0.25) is 9.48 Å². The fourth-order valence-corrected chi connectivity index (χ4v) is 5.25. The third kappa shape index (κ3) is 5.56. The number of rotatable bonds is 8. The van der Waals surface area contributed by atoms with E-state index in [-0.39, 0.29) is 17.5 Å². The number of aromatic nitrogens is 2. The molecular weight excluding hydrogens is 522 g/mol. The van der Waals surface area contributed by atoms with E-state index in [0.29, 0.717) is 12.1 Å². The van der Waals surface area contributed by atoms with E-state index in [1.807, 2.05) is 78.5 Å². The van der Waals surface area contributed by atoms with E-state index in [4.69, 9.17) is 5.10 Å². The summed E-state index contributed by atoms with van der Waals surface area (Å²) in [6.45, 7) is 2.39. The van der Waals surface area contributed by atoms with Gasteiger partial charge in [-0.2, -0.15) is 5.10 Å². The molecule has 0 unspecified atom stereocenters. The molecule has 0 fully saturated rings. The van der Waals surface area contributed by atoms with Crippen LogP contribution in [0.5, 0.6) is 0 Å². The number of aromatic carboxylic acids is 1. The van der Waals surface area contributed by atoms with Crippen molar-refractivity contribution in [1.82, 2.24) is 15.1 Å². The quantitative estimate of drug-likeness (QED) is 0.204. The molecule has 1 heterocycles. The maximum atomic E-state index is 13.9. The van der Waals surface area contributed by atoms with Crippen molar-refractivity contribution in [3.63, 3.8) is 0 Å². The van der Waals surface area contributed by atoms with Crippen LogP contribution in [0.3, 0.4) is 0 Å². The molecule has 0 aliphatic rings. The van der Waals surface area contributed by atoms with Crippen LogP contribution in [0, 0.1) is 0 Å². The van der Waals surface area contributed by atoms with E-state index in [1.165, 1.54) is 0 Å². The first-order chi connectivity index (χ1) is 20.5. The largest absolute Gasteiger partial charge is 0.478 e. The molecule has 6 heteroatoms. The minimum absolute atomic E-state index is 0.204. The number of amides is 1. The number of carbonyl (C=O) groups excluding carboxylic acids is 1. The number of hydrogen-bond donors (Lipinski definition) is 2. The molecule has 6 nitrogen and oxygen atoms in total. The zero-order valence-electron chi connectivity index (χ0n) is 23.1. The van der Waals surface area contributed by atoms with E-state index >= 15 is 0 Å². The standard InChI is InChI=1S/C36H29N3O3/c1-24(26-15-17-29(18-16-26)36(41)42)38-35(40)33-21-31(28-12-6-3-7-13-28)20-32-22-37-39(34(32)33)23-25-9-8-14-30(19-25)27-10-4-2-5-11-27/h2-22,24H,23H2,1H3,(H,38,40)(H,41,42)/t24-/m0/s1. The minimum Gasteiger partial charge on any atom is -0.478 e. The Kier molecular flexibility index (Phi) is 7.35. The highest BCUT2D eigenvalue weighted by atomic mass is 16.4. The predicted molar refractivity (Wildman–Crippen MR) is 165 cm³/mol. The van der Waals surface area contributed by atoms with E-state index < -0.39 is 5.97 Å². The second kappa shape index (κ2) is 11.6. The molecule has 1 atom stereocenters. The molecule has 0 saturated heterocycles. The van der Waals surface area contributed by atoms with Gasteiger partial charge in [0.25, 0.3) is 5.91 Å². The number of carboxylic acids is 1. The van der Waals surface area contributed by atoms with Gasteiger partial charge in [0.1, 0.15) is 0 Å². The van der Waals surface area contributed by atoms with E-state index in [9.17, 15) is 14.7 Å². The summed E-state index contributed by atoms with van der Waals surface area (Å²) >= 11 is 0. The van der Waals surface area contributed by atoms with Gasteiger partial charge < -0.3 is 10.4 Å². The van der Waals surface area contributed by atoms with Gasteiger partial charge in [0.2, 0.25) is 0 Å². The summed E-state index contributed by atoms with van der Waals surface area (Å²) in [6, 6.07) is 38.8. The minimum atomic E-state index is -0.985. The summed E-state index contributed by atoms with van der Waals surface area (Å²) < 4.78 is 1.88. The first-order valence-electron chi connectivity index (χ1n) is 13.8. The molecule has 6 rings (SSSR count). The van der Waals surface area contributed by atoms with E-state index in [0.717, 1.165) is 44.3 Å². The first-order valence-corrected chi connectivity index (χ1v) is 13.8. The zero-order valence-corrected chi connectivity index (χ0v) is 23.1. The van der Waals surface area contributed by atoms with Gasteiger partial charge in [0, 0.05) is 5.39 Å². The molecule has 1 amide bonds. The van der Waals surface area contributed by atoms with Crippen molar-refractivity contribution in [2.45, 2.75) is 19.5 Å². The van der Waals surface area contributed by atoms with E-state index in [1.54, 1.807) is 24.3 Å². The van der Waals surface area contributed by atoms with Crippen LogP contribution in [-0.2, 0) is 6.54 Å². The molecule has 0 spiro atoms. The van der Waals surface area contributed by atoms with Crippen LogP contribution in [0.4, 0.5) is 0 Å². The van der Waals surface area contributed by atoms with Crippen molar-refractivity contribution in [3.05, 3.63) is 150 Å². The van der Waals surface area contributed by atoms with Crippen molar-refractivity contribution in [3.8, 4) is 22.3 Å². The lowest BCUT2D eigenvalue weighted by atomic mass is 9.99. The molecule has 0 saturated carbocycles. The van der Waals surface area contributed by atoms with Crippen LogP contribution < -0.4 is 5.32 Å². The Hall–Kier alpha value is -5.49. The van der Waals surface area contributed by atoms with Crippen molar-refractivity contribution >= 4 is 22.8 Å². The average molecular weight is 552 g/mol. The fourth-order valence-electron chi connectivity index (χ4n) is 5.25. The van der Waals surface area contributed by atoms with Crippen LogP contribution in [0.1, 0.15) is 44.8 Å². The zero-order chi connectivity index (χ0) is 29.1. The lowest BCUT2D eigenvalue weighted by Crippen LogP contribution is -2.27. The van der Waals surface area contributed by atoms with Crippen LogP contribution in [-0.4, -0.2) is 26.8 Å². The fraction of sp³-hybridized carbons (Fsp3) is 0.0833. The molecular formula is C36H29N3O3. The van der Waals surface area contributed by atoms with Gasteiger partial charge in [-0.1, -0.05) is 91.0 Å². The Morgan fingerprint density at radius 2 is 1.40 bits per heavy atom. The number of nitrogens with one attached hydrogen (secondary N) is 1. The molecule has 2 N–H and O–H groups in total. The predicted octanol–water partition coefficient (Wildman–Crippen LogP) is 7.61. The second-order valence-electron chi connectivity index (χ2n) is 10.3. The maximum absolute atomic E-state index is 13.9. The smallest absolute Gasteiger partial charge is 0.335 e. The van der Waals surface area contributed by atoms with Crippen LogP contribution in [0.2, 0.25) is 0 Å². The first kappa shape index (κ1) is 26.7. The number of nitrogens with zero attached hydrogens (tertiary/aromatic N) is 2. The highest BCUT2D eigenvalue weighted by molar-refractivity contribution is 6.07. The molecule has 0 bridgehead atoms. The Balaban J connectivity index is 1.37. The monoisotopic (exact) mass is 551 g/mol. The molecule has 0 aliphatic carbocycles. The van der Waals surface area contributed by atoms with Gasteiger partial charge >= 0.3 is 5.97 Å². The highest BCUT2D eigenvalue weighted by Crippen LogP contribution is 2.30. The third-order valence-corrected chi connectivity index (χ3v) is 7.46. The number of hydrogen-bond acceptors (Lipinski definition) is 3. The molecule has 5 aromatic carbocycles. The van der Waals surface area contributed by atoms with Gasteiger partial charge in [-0.25, -0.2) is 4.79 Å². The van der Waals surface area contributed by atoms with Crippen LogP contribution in [0.25, 0.3) is 33.2 Å². The topological polar surface area (TPSA) is 84.2 Å². The normalized spacial score (nSPS) is 11.7. The Morgan fingerprint density at radius 1 is 0.762 bits per heavy atom. The van der Waals surface area contributed by atoms with Crippen molar-refractivity contribution in [1.29, 1.82) is 0 Å². The number of carboxylic acid groups (broad SMARTS) is 1. The lowest BCUT2D eigenvalue weighted by molar-refractivity contribution is 0.0696. The average Bonchev–Trinajstić information content (AvgIpc) is 3.44. The highest BCUT2D eigenvalue weighted by Gasteiger charge is 2.20. The summed E-state index contributed by atoms with van der Waals surface area (Å²) in [6.07, 6.45) is 1.81. The molecule has 206 valence electrons. The number of carbonyl (C=O) groups is 2. The summed E-state index contributed by atoms with van der Waals surface area (Å²) in [4.78, 5) is 25.2. The number of fused-ring (bicyclic) bond motifs is 1. The number of benzene rings is 5. The van der Waals surface area contributed by atoms with Crippen molar-refractivity contribution in [2.75, 3.05) is 0 Å². The molecule has 42 heavy (non-hydrogen) atoms. The van der Waals surface area contributed by atoms with Gasteiger partial charge in [0.15, 0.2) is 0 Å². The summed E-state index contributed by atoms with van der Waals surface area (Å²) in [5, 5.41) is 17.9. The Labute approximate surface area is 243 Å². The van der Waals surface area contributed by atoms with Crippen molar-refractivity contribution in [2.24, 2.45) is 0 Å². The summed E-state index contributed by atoms with van der Waals surface area (Å²) in [5.74, 6) is -1.21. The van der Waals surface area contributed by atoms with Gasteiger partial charge in [-0.15, -0.1) is 0 Å². The summed E-state index contributed by atoms with van der Waals surface area (Å²) in [5.41, 5.74) is 7.57. The second-order valence-corrected chi connectivity index (χ2v) is 10.3. The van der Waals surface area contributed by atoms with E-state index in [2.05, 4.69) is 41.7 Å². The lowest BCUT2D eigenvalue weighted by Gasteiger charge is -2.17. The summed E-state index contributed by atoms with van der Waals surface area (Å²) in [7, 11) is 0. The van der Waals surface area contributed by atoms with Gasteiger partial charge in [-0.05, 0) is 70.6 Å². The van der Waals surface area contributed by atoms with Crippen LogP contribution in [0.15, 0.2) is 128 Å². The SMILES string of the molecule is C[C@H](NC(=O)c1cc(-c2ccccc2)cc2cnn(Cc3cccc(-c4ccccc4)c3)c12)c1ccc(C(=O)O)cc1. The third-order valence-electron chi connectivity index (χ3n) is 7.46. The van der Waals surface area contributed by atoms with Crippen molar-refractivity contribution < 1.29 is 14.7 Å². The Morgan fingerprint density at radius 3 is 2.07 bits per heavy atom. The molecule has 1 aromatic heterocycles. The van der Waals surface area contributed by atoms with Gasteiger partial charge in [0.05, 0.1) is 35.4 Å². The van der Waals surface area contributed by atoms with Crippen LogP contribution >= 0.6 is 0 Å². The molecule has 0 radical (unpaired) electrons.